The highest BCUT2D eigenvalue weighted by atomic mass is 19.3. The molecule has 2 rings (SSSR count). The lowest BCUT2D eigenvalue weighted by atomic mass is 10.0. The summed E-state index contributed by atoms with van der Waals surface area (Å²) >= 11 is 0. The number of ether oxygens (including phenoxy) is 2. The van der Waals surface area contributed by atoms with Crippen LogP contribution >= 0.6 is 0 Å². The molecule has 2 aromatic rings. The maximum Gasteiger partial charge on any atom is 0.388 e. The quantitative estimate of drug-likeness (QED) is 0.604. The molecular weight excluding hydrogens is 398 g/mol. The Morgan fingerprint density at radius 3 is 2.37 bits per heavy atom. The van der Waals surface area contributed by atoms with E-state index in [1.54, 1.807) is 25.1 Å². The van der Waals surface area contributed by atoms with Crippen molar-refractivity contribution in [3.63, 3.8) is 0 Å². The number of nitrogens with zero attached hydrogens (tertiary/aromatic N) is 1. The summed E-state index contributed by atoms with van der Waals surface area (Å²) in [7, 11) is 0. The van der Waals surface area contributed by atoms with Crippen LogP contribution in [0.5, 0.6) is 5.88 Å². The maximum absolute atomic E-state index is 12.7. The SMILES string of the molecule is CC(NC(=O)C(OCc1ccnc(OC(F)F)c1)C(C)C)c1ccc(C(=O)O)cc1. The fourth-order valence-corrected chi connectivity index (χ4v) is 2.75. The summed E-state index contributed by atoms with van der Waals surface area (Å²) in [6.45, 7) is 2.47. The van der Waals surface area contributed by atoms with E-state index in [1.807, 2.05) is 13.8 Å². The van der Waals surface area contributed by atoms with Crippen molar-refractivity contribution in [1.82, 2.24) is 10.3 Å². The lowest BCUT2D eigenvalue weighted by Crippen LogP contribution is -2.40. The van der Waals surface area contributed by atoms with Crippen LogP contribution in [0.4, 0.5) is 8.78 Å². The number of benzene rings is 1. The fraction of sp³-hybridized carbons (Fsp3) is 0.381. The standard InChI is InChI=1S/C21H24F2N2O5/c1-12(2)18(29-11-14-8-9-24-17(10-14)30-21(22)23)19(26)25-13(3)15-4-6-16(7-5-15)20(27)28/h4-10,12-13,18,21H,11H2,1-3H3,(H,25,26)(H,27,28). The Kier molecular flexibility index (Phi) is 8.23. The summed E-state index contributed by atoms with van der Waals surface area (Å²) in [4.78, 5) is 27.4. The van der Waals surface area contributed by atoms with Crippen LogP contribution < -0.4 is 10.1 Å². The monoisotopic (exact) mass is 422 g/mol. The smallest absolute Gasteiger partial charge is 0.388 e. The highest BCUT2D eigenvalue weighted by Gasteiger charge is 2.25. The van der Waals surface area contributed by atoms with Crippen LogP contribution in [0.15, 0.2) is 42.6 Å². The van der Waals surface area contributed by atoms with Crippen LogP contribution in [0.25, 0.3) is 0 Å². The first kappa shape index (κ1) is 23.2. The van der Waals surface area contributed by atoms with Crippen LogP contribution in [0.1, 0.15) is 48.3 Å². The number of carboxylic acids is 1. The second kappa shape index (κ2) is 10.6. The lowest BCUT2D eigenvalue weighted by molar-refractivity contribution is -0.137. The number of aromatic carboxylic acids is 1. The summed E-state index contributed by atoms with van der Waals surface area (Å²) in [6, 6.07) is 8.77. The minimum atomic E-state index is -2.98. The highest BCUT2D eigenvalue weighted by molar-refractivity contribution is 5.87. The zero-order valence-electron chi connectivity index (χ0n) is 16.8. The number of carbonyl (C=O) groups excluding carboxylic acids is 1. The van der Waals surface area contributed by atoms with Gasteiger partial charge in [0, 0.05) is 12.3 Å². The molecule has 0 fully saturated rings. The summed E-state index contributed by atoms with van der Waals surface area (Å²) in [6.07, 6.45) is 0.544. The average molecular weight is 422 g/mol. The number of alkyl halides is 2. The van der Waals surface area contributed by atoms with Gasteiger partial charge >= 0.3 is 12.6 Å². The third-order valence-electron chi connectivity index (χ3n) is 4.32. The maximum atomic E-state index is 12.7. The van der Waals surface area contributed by atoms with E-state index in [0.717, 1.165) is 5.56 Å². The predicted octanol–water partition coefficient (Wildman–Crippen LogP) is 3.80. The topological polar surface area (TPSA) is 97.8 Å². The zero-order chi connectivity index (χ0) is 22.3. The van der Waals surface area contributed by atoms with Crippen LogP contribution in [0.2, 0.25) is 0 Å². The molecule has 9 heteroatoms. The molecule has 1 amide bonds. The molecule has 1 heterocycles. The molecule has 0 saturated heterocycles. The van der Waals surface area contributed by atoms with E-state index in [0.29, 0.717) is 5.56 Å². The van der Waals surface area contributed by atoms with Crippen molar-refractivity contribution >= 4 is 11.9 Å². The van der Waals surface area contributed by atoms with Crippen molar-refractivity contribution < 1.29 is 33.0 Å². The number of carboxylic acid groups (broad SMARTS) is 1. The number of amides is 1. The van der Waals surface area contributed by atoms with Crippen molar-refractivity contribution in [2.24, 2.45) is 5.92 Å². The molecule has 0 radical (unpaired) electrons. The van der Waals surface area contributed by atoms with E-state index in [2.05, 4.69) is 15.0 Å². The third kappa shape index (κ3) is 6.77. The first-order valence-electron chi connectivity index (χ1n) is 9.32. The van der Waals surface area contributed by atoms with E-state index in [-0.39, 0.29) is 35.9 Å². The number of rotatable bonds is 10. The first-order chi connectivity index (χ1) is 14.2. The molecule has 162 valence electrons. The summed E-state index contributed by atoms with van der Waals surface area (Å²) in [5.41, 5.74) is 1.45. The number of pyridine rings is 1. The van der Waals surface area contributed by atoms with E-state index in [4.69, 9.17) is 9.84 Å². The van der Waals surface area contributed by atoms with E-state index in [1.165, 1.54) is 24.4 Å². The van der Waals surface area contributed by atoms with Crippen LogP contribution in [-0.4, -0.2) is 34.7 Å². The Bertz CT molecular complexity index is 859. The van der Waals surface area contributed by atoms with Gasteiger partial charge in [-0.2, -0.15) is 8.78 Å². The van der Waals surface area contributed by atoms with Crippen molar-refractivity contribution in [2.45, 2.75) is 46.1 Å². The Labute approximate surface area is 173 Å². The zero-order valence-corrected chi connectivity index (χ0v) is 16.8. The molecule has 0 aliphatic rings. The number of carbonyl (C=O) groups is 2. The van der Waals surface area contributed by atoms with Gasteiger partial charge in [0.2, 0.25) is 11.8 Å². The molecule has 2 atom stereocenters. The van der Waals surface area contributed by atoms with Crippen LogP contribution in [-0.2, 0) is 16.1 Å². The second-order valence-corrected chi connectivity index (χ2v) is 7.01. The first-order valence-corrected chi connectivity index (χ1v) is 9.32. The van der Waals surface area contributed by atoms with Gasteiger partial charge < -0.3 is 19.9 Å². The van der Waals surface area contributed by atoms with E-state index >= 15 is 0 Å². The van der Waals surface area contributed by atoms with Gasteiger partial charge in [-0.25, -0.2) is 9.78 Å². The Hall–Kier alpha value is -3.07. The Morgan fingerprint density at radius 1 is 1.13 bits per heavy atom. The predicted molar refractivity (Wildman–Crippen MR) is 104 cm³/mol. The molecule has 0 aliphatic heterocycles. The number of aromatic nitrogens is 1. The van der Waals surface area contributed by atoms with Crippen molar-refractivity contribution in [2.75, 3.05) is 0 Å². The van der Waals surface area contributed by atoms with Crippen molar-refractivity contribution in [1.29, 1.82) is 0 Å². The van der Waals surface area contributed by atoms with Crippen LogP contribution in [0.3, 0.4) is 0 Å². The summed E-state index contributed by atoms with van der Waals surface area (Å²) in [5, 5.41) is 11.8. The molecule has 30 heavy (non-hydrogen) atoms. The molecule has 2 unspecified atom stereocenters. The van der Waals surface area contributed by atoms with Crippen molar-refractivity contribution in [3.05, 3.63) is 59.3 Å². The van der Waals surface area contributed by atoms with Gasteiger partial charge in [0.25, 0.3) is 0 Å². The Balaban J connectivity index is 1.99. The molecule has 0 spiro atoms. The summed E-state index contributed by atoms with van der Waals surface area (Å²) < 4.78 is 34.7. The molecular formula is C21H24F2N2O5. The molecule has 7 nitrogen and oxygen atoms in total. The lowest BCUT2D eigenvalue weighted by Gasteiger charge is -2.23. The highest BCUT2D eigenvalue weighted by Crippen LogP contribution is 2.18. The number of nitrogens with one attached hydrogen (secondary N) is 1. The number of hydrogen-bond acceptors (Lipinski definition) is 5. The minimum Gasteiger partial charge on any atom is -0.478 e. The molecule has 1 aromatic heterocycles. The third-order valence-corrected chi connectivity index (χ3v) is 4.32. The second-order valence-electron chi connectivity index (χ2n) is 7.01. The summed E-state index contributed by atoms with van der Waals surface area (Å²) in [5.74, 6) is -1.73. The van der Waals surface area contributed by atoms with Gasteiger partial charge in [-0.1, -0.05) is 26.0 Å². The molecule has 0 saturated carbocycles. The van der Waals surface area contributed by atoms with Gasteiger partial charge in [-0.15, -0.1) is 0 Å². The number of halogens is 2. The fourth-order valence-electron chi connectivity index (χ4n) is 2.75. The van der Waals surface area contributed by atoms with E-state index in [9.17, 15) is 18.4 Å². The van der Waals surface area contributed by atoms with Gasteiger partial charge in [0.05, 0.1) is 18.2 Å². The van der Waals surface area contributed by atoms with Gasteiger partial charge in [0.1, 0.15) is 6.10 Å². The molecule has 0 bridgehead atoms. The Morgan fingerprint density at radius 2 is 1.80 bits per heavy atom. The molecule has 2 N–H and O–H groups in total. The average Bonchev–Trinajstić information content (AvgIpc) is 2.67. The van der Waals surface area contributed by atoms with E-state index < -0.39 is 18.7 Å². The molecule has 1 aromatic carbocycles. The minimum absolute atomic E-state index is 0.0140. The largest absolute Gasteiger partial charge is 0.478 e. The number of hydrogen-bond donors (Lipinski definition) is 2. The molecule has 0 aliphatic carbocycles. The van der Waals surface area contributed by atoms with Crippen LogP contribution in [0, 0.1) is 5.92 Å². The normalized spacial score (nSPS) is 13.2. The van der Waals surface area contributed by atoms with Gasteiger partial charge in [0.15, 0.2) is 0 Å². The van der Waals surface area contributed by atoms with Gasteiger partial charge in [-0.05, 0) is 42.2 Å². The van der Waals surface area contributed by atoms with Gasteiger partial charge in [-0.3, -0.25) is 4.79 Å². The van der Waals surface area contributed by atoms with Crippen molar-refractivity contribution in [3.8, 4) is 5.88 Å².